The van der Waals surface area contributed by atoms with Crippen LogP contribution in [0.1, 0.15) is 67.7 Å². The first-order valence-corrected chi connectivity index (χ1v) is 10.8. The van der Waals surface area contributed by atoms with Crippen LogP contribution in [0.4, 0.5) is 0 Å². The fourth-order valence-electron chi connectivity index (χ4n) is 6.96. The van der Waals surface area contributed by atoms with Crippen molar-refractivity contribution in [2.75, 3.05) is 0 Å². The van der Waals surface area contributed by atoms with E-state index in [4.69, 9.17) is 0 Å². The predicted octanol–water partition coefficient (Wildman–Crippen LogP) is 4.76. The number of allylic oxidation sites excluding steroid dienone is 1. The van der Waals surface area contributed by atoms with E-state index in [9.17, 15) is 0 Å². The SMILES string of the molecule is C=CC[C@@]12C[C@@H]1CC1(CC3CC3)[NH2+][C@@](C)(c3ccccc31)c1ccccc12. The van der Waals surface area contributed by atoms with Gasteiger partial charge in [-0.25, -0.2) is 0 Å². The van der Waals surface area contributed by atoms with Crippen molar-refractivity contribution in [3.63, 3.8) is 0 Å². The van der Waals surface area contributed by atoms with Gasteiger partial charge in [0.2, 0.25) is 0 Å². The Balaban J connectivity index is 1.62. The standard InChI is InChI=1S/C26H29N/c1-3-14-25-16-19(25)17-26(15-18-12-13-18)23-11-7-5-9-21(23)24(2,27-26)20-8-4-6-10-22(20)25/h3-11,18-19,27H,1,12-17H2,2H3/p+1/t19-,24-,25-,26?/m1/s1. The van der Waals surface area contributed by atoms with Gasteiger partial charge in [-0.1, -0.05) is 54.6 Å². The molecule has 0 radical (unpaired) electrons. The summed E-state index contributed by atoms with van der Waals surface area (Å²) in [6.07, 6.45) is 10.2. The van der Waals surface area contributed by atoms with E-state index in [-0.39, 0.29) is 11.1 Å². The normalized spacial score (nSPS) is 38.2. The van der Waals surface area contributed by atoms with Gasteiger partial charge < -0.3 is 5.32 Å². The van der Waals surface area contributed by atoms with E-state index in [1.807, 2.05) is 0 Å². The molecule has 1 unspecified atom stereocenters. The smallest absolute Gasteiger partial charge is 0.146 e. The Morgan fingerprint density at radius 3 is 2.26 bits per heavy atom. The summed E-state index contributed by atoms with van der Waals surface area (Å²) >= 11 is 0. The molecule has 1 nitrogen and oxygen atoms in total. The molecule has 2 aliphatic carbocycles. The van der Waals surface area contributed by atoms with Crippen molar-refractivity contribution in [1.82, 2.24) is 0 Å². The summed E-state index contributed by atoms with van der Waals surface area (Å²) in [7, 11) is 0. The van der Waals surface area contributed by atoms with Crippen molar-refractivity contribution < 1.29 is 5.32 Å². The van der Waals surface area contributed by atoms with Crippen LogP contribution in [0.25, 0.3) is 0 Å². The zero-order chi connectivity index (χ0) is 18.3. The molecule has 0 spiro atoms. The van der Waals surface area contributed by atoms with E-state index < -0.39 is 0 Å². The molecule has 4 atom stereocenters. The van der Waals surface area contributed by atoms with Crippen LogP contribution in [0.3, 0.4) is 0 Å². The van der Waals surface area contributed by atoms with Crippen LogP contribution < -0.4 is 5.32 Å². The maximum Gasteiger partial charge on any atom is 0.146 e. The molecule has 2 aromatic rings. The molecule has 2 aromatic carbocycles. The fraction of sp³-hybridized carbons (Fsp3) is 0.462. The lowest BCUT2D eigenvalue weighted by Gasteiger charge is -2.37. The second kappa shape index (κ2) is 5.14. The summed E-state index contributed by atoms with van der Waals surface area (Å²) in [6.45, 7) is 6.62. The number of benzene rings is 2. The van der Waals surface area contributed by atoms with Crippen molar-refractivity contribution in [2.24, 2.45) is 11.8 Å². The van der Waals surface area contributed by atoms with Gasteiger partial charge in [0.1, 0.15) is 11.1 Å². The zero-order valence-electron chi connectivity index (χ0n) is 16.4. The lowest BCUT2D eigenvalue weighted by molar-refractivity contribution is -0.787. The largest absolute Gasteiger partial charge is 0.325 e. The Hall–Kier alpha value is -1.86. The maximum absolute atomic E-state index is 4.13. The number of quaternary nitrogens is 1. The Morgan fingerprint density at radius 1 is 0.963 bits per heavy atom. The van der Waals surface area contributed by atoms with E-state index in [1.165, 1.54) is 32.1 Å². The van der Waals surface area contributed by atoms with Crippen LogP contribution >= 0.6 is 0 Å². The molecule has 2 heterocycles. The molecule has 2 aliphatic heterocycles. The molecule has 4 aliphatic rings. The minimum Gasteiger partial charge on any atom is -0.325 e. The van der Waals surface area contributed by atoms with Crippen molar-refractivity contribution in [3.8, 4) is 0 Å². The highest BCUT2D eigenvalue weighted by molar-refractivity contribution is 5.53. The fourth-order valence-corrected chi connectivity index (χ4v) is 6.96. The summed E-state index contributed by atoms with van der Waals surface area (Å²) in [5.74, 6) is 1.74. The van der Waals surface area contributed by atoms with E-state index >= 15 is 0 Å². The van der Waals surface area contributed by atoms with Crippen LogP contribution in [0, 0.1) is 11.8 Å². The molecule has 0 aromatic heterocycles. The molecule has 138 valence electrons. The highest BCUT2D eigenvalue weighted by atomic mass is 15.1. The second-order valence-corrected chi connectivity index (χ2v) is 10.00. The number of hydrogen-bond acceptors (Lipinski definition) is 0. The van der Waals surface area contributed by atoms with Gasteiger partial charge in [-0.15, -0.1) is 6.58 Å². The van der Waals surface area contributed by atoms with Crippen molar-refractivity contribution >= 4 is 0 Å². The van der Waals surface area contributed by atoms with Crippen LogP contribution in [0.15, 0.2) is 61.2 Å². The Morgan fingerprint density at radius 2 is 1.59 bits per heavy atom. The average Bonchev–Trinajstić information content (AvgIpc) is 3.59. The monoisotopic (exact) mass is 356 g/mol. The number of rotatable bonds is 4. The Labute approximate surface area is 162 Å². The maximum atomic E-state index is 4.13. The molecule has 0 amide bonds. The van der Waals surface area contributed by atoms with Crippen LogP contribution in [0.2, 0.25) is 0 Å². The molecule has 2 N–H and O–H groups in total. The molecule has 1 heteroatoms. The minimum absolute atomic E-state index is 0.0316. The highest BCUT2D eigenvalue weighted by Crippen LogP contribution is 2.65. The van der Waals surface area contributed by atoms with Gasteiger partial charge in [0.25, 0.3) is 0 Å². The topological polar surface area (TPSA) is 16.6 Å². The summed E-state index contributed by atoms with van der Waals surface area (Å²) in [4.78, 5) is 0. The van der Waals surface area contributed by atoms with E-state index in [0.29, 0.717) is 5.41 Å². The average molecular weight is 357 g/mol. The summed E-state index contributed by atoms with van der Waals surface area (Å²) in [6, 6.07) is 18.7. The highest BCUT2D eigenvalue weighted by Gasteiger charge is 2.66. The Kier molecular flexibility index (Phi) is 3.07. The molecule has 6 rings (SSSR count). The first kappa shape index (κ1) is 16.1. The van der Waals surface area contributed by atoms with Crippen molar-refractivity contribution in [1.29, 1.82) is 0 Å². The molecule has 2 bridgehead atoms. The van der Waals surface area contributed by atoms with Crippen LogP contribution in [-0.2, 0) is 16.5 Å². The third-order valence-electron chi connectivity index (χ3n) is 8.31. The van der Waals surface area contributed by atoms with E-state index in [2.05, 4.69) is 73.4 Å². The zero-order valence-corrected chi connectivity index (χ0v) is 16.4. The van der Waals surface area contributed by atoms with Crippen LogP contribution in [-0.4, -0.2) is 0 Å². The molecule has 2 fully saturated rings. The number of hydrogen-bond donors (Lipinski definition) is 1. The molecular formula is C26H30N+. The summed E-state index contributed by atoms with van der Waals surface area (Å²) in [5, 5.41) is 2.79. The predicted molar refractivity (Wildman–Crippen MR) is 109 cm³/mol. The summed E-state index contributed by atoms with van der Waals surface area (Å²) in [5.41, 5.74) is 7.00. The molecule has 27 heavy (non-hydrogen) atoms. The van der Waals surface area contributed by atoms with Crippen molar-refractivity contribution in [2.45, 2.75) is 61.9 Å². The number of nitrogens with two attached hydrogens (primary N) is 1. The number of fused-ring (bicyclic) bond motifs is 9. The van der Waals surface area contributed by atoms with E-state index in [0.717, 1.165) is 18.3 Å². The first-order chi connectivity index (χ1) is 13.1. The lowest BCUT2D eigenvalue weighted by atomic mass is 9.75. The molecular weight excluding hydrogens is 326 g/mol. The van der Waals surface area contributed by atoms with Gasteiger partial charge in [0, 0.05) is 34.9 Å². The second-order valence-electron chi connectivity index (χ2n) is 10.00. The third kappa shape index (κ3) is 2.04. The molecule has 2 saturated carbocycles. The van der Waals surface area contributed by atoms with Crippen LogP contribution in [0.5, 0.6) is 0 Å². The lowest BCUT2D eigenvalue weighted by Crippen LogP contribution is -3.00. The summed E-state index contributed by atoms with van der Waals surface area (Å²) < 4.78 is 0. The quantitative estimate of drug-likeness (QED) is 0.761. The van der Waals surface area contributed by atoms with Gasteiger partial charge in [-0.3, -0.25) is 0 Å². The first-order valence-electron chi connectivity index (χ1n) is 10.8. The Bertz CT molecular complexity index is 941. The van der Waals surface area contributed by atoms with Gasteiger partial charge in [-0.2, -0.15) is 0 Å². The van der Waals surface area contributed by atoms with Crippen molar-refractivity contribution in [3.05, 3.63) is 83.4 Å². The van der Waals surface area contributed by atoms with E-state index in [1.54, 1.807) is 22.3 Å². The van der Waals surface area contributed by atoms with Gasteiger partial charge >= 0.3 is 0 Å². The van der Waals surface area contributed by atoms with Gasteiger partial charge in [0.15, 0.2) is 0 Å². The molecule has 0 saturated heterocycles. The van der Waals surface area contributed by atoms with Gasteiger partial charge in [0.05, 0.1) is 0 Å². The minimum atomic E-state index is 0.0316. The van der Waals surface area contributed by atoms with Gasteiger partial charge in [-0.05, 0) is 50.0 Å². The third-order valence-corrected chi connectivity index (χ3v) is 8.31.